The van der Waals surface area contributed by atoms with Gasteiger partial charge in [-0.15, -0.1) is 0 Å². The quantitative estimate of drug-likeness (QED) is 0.220. The zero-order valence-corrected chi connectivity index (χ0v) is 18.6. The molecule has 2 saturated carbocycles. The van der Waals surface area contributed by atoms with E-state index in [2.05, 4.69) is 13.8 Å². The van der Waals surface area contributed by atoms with Crippen molar-refractivity contribution in [3.05, 3.63) is 0 Å². The van der Waals surface area contributed by atoms with Gasteiger partial charge in [-0.1, -0.05) is 20.8 Å². The average molecular weight is 465 g/mol. The summed E-state index contributed by atoms with van der Waals surface area (Å²) in [5.41, 5.74) is -2.40. The van der Waals surface area contributed by atoms with Gasteiger partial charge in [-0.2, -0.15) is 0 Å². The van der Waals surface area contributed by atoms with Crippen molar-refractivity contribution in [2.45, 2.75) is 94.5 Å². The van der Waals surface area contributed by atoms with E-state index in [1.807, 2.05) is 6.92 Å². The number of fused-ring (bicyclic) bond motifs is 2. The van der Waals surface area contributed by atoms with Gasteiger partial charge in [0.1, 0.15) is 36.1 Å². The summed E-state index contributed by atoms with van der Waals surface area (Å²) < 4.78 is 22.5. The number of ether oxygens (including phenoxy) is 4. The Morgan fingerprint density at radius 2 is 1.66 bits per heavy atom. The van der Waals surface area contributed by atoms with Crippen molar-refractivity contribution < 1.29 is 54.7 Å². The first-order chi connectivity index (χ1) is 14.9. The highest BCUT2D eigenvalue weighted by atomic mass is 16.7. The second-order valence-electron chi connectivity index (χ2n) is 10.6. The predicted octanol–water partition coefficient (Wildman–Crippen LogP) is -2.55. The third kappa shape index (κ3) is 3.62. The molecule has 2 aliphatic carbocycles. The van der Waals surface area contributed by atoms with Crippen LogP contribution in [0.15, 0.2) is 0 Å². The summed E-state index contributed by atoms with van der Waals surface area (Å²) >= 11 is 0. The van der Waals surface area contributed by atoms with Crippen molar-refractivity contribution in [1.29, 1.82) is 0 Å². The third-order valence-corrected chi connectivity index (χ3v) is 8.65. The van der Waals surface area contributed by atoms with E-state index in [4.69, 9.17) is 18.9 Å². The Labute approximate surface area is 186 Å². The lowest BCUT2D eigenvalue weighted by Gasteiger charge is -2.45. The third-order valence-electron chi connectivity index (χ3n) is 8.65. The van der Waals surface area contributed by atoms with Gasteiger partial charge < -0.3 is 54.7 Å². The molecule has 4 aliphatic rings. The average Bonchev–Trinajstić information content (AvgIpc) is 3.20. The molecule has 0 aromatic heterocycles. The summed E-state index contributed by atoms with van der Waals surface area (Å²) in [6, 6.07) is 0. The molecule has 7 N–H and O–H groups in total. The molecule has 186 valence electrons. The van der Waals surface area contributed by atoms with Crippen molar-refractivity contribution >= 4 is 0 Å². The molecule has 12 atom stereocenters. The van der Waals surface area contributed by atoms with Gasteiger partial charge in [-0.3, -0.25) is 0 Å². The van der Waals surface area contributed by atoms with Gasteiger partial charge in [0.25, 0.3) is 0 Å². The molecule has 0 amide bonds. The lowest BCUT2D eigenvalue weighted by Crippen LogP contribution is -2.60. The Kier molecular flexibility index (Phi) is 6.44. The van der Waals surface area contributed by atoms with Gasteiger partial charge in [0.15, 0.2) is 12.6 Å². The lowest BCUT2D eigenvalue weighted by atomic mass is 9.70. The van der Waals surface area contributed by atoms with Crippen LogP contribution in [0.1, 0.15) is 33.6 Å². The largest absolute Gasteiger partial charge is 0.393 e. The molecule has 2 aliphatic heterocycles. The molecular weight excluding hydrogens is 428 g/mol. The normalized spacial score (nSPS) is 54.9. The van der Waals surface area contributed by atoms with E-state index in [0.717, 1.165) is 0 Å². The van der Waals surface area contributed by atoms with Crippen LogP contribution in [-0.4, -0.2) is 116 Å². The Morgan fingerprint density at radius 1 is 0.969 bits per heavy atom. The number of aliphatic hydroxyl groups is 7. The van der Waals surface area contributed by atoms with E-state index in [1.165, 1.54) is 0 Å². The molecule has 0 aromatic rings. The minimum absolute atomic E-state index is 0.0409. The summed E-state index contributed by atoms with van der Waals surface area (Å²) in [6.45, 7) is 4.83. The number of aliphatic hydroxyl groups excluding tert-OH is 6. The van der Waals surface area contributed by atoms with E-state index in [0.29, 0.717) is 12.8 Å². The number of rotatable bonds is 6. The van der Waals surface area contributed by atoms with Crippen LogP contribution in [0, 0.1) is 16.7 Å². The Morgan fingerprint density at radius 3 is 2.19 bits per heavy atom. The second-order valence-corrected chi connectivity index (χ2v) is 10.6. The van der Waals surface area contributed by atoms with Crippen LogP contribution < -0.4 is 0 Å². The number of hydrogen-bond acceptors (Lipinski definition) is 11. The van der Waals surface area contributed by atoms with Crippen molar-refractivity contribution in [2.24, 2.45) is 16.7 Å². The van der Waals surface area contributed by atoms with Crippen molar-refractivity contribution in [3.63, 3.8) is 0 Å². The fraction of sp³-hybridized carbons (Fsp3) is 1.00. The maximum Gasteiger partial charge on any atom is 0.186 e. The maximum atomic E-state index is 10.5. The molecule has 11 nitrogen and oxygen atoms in total. The van der Waals surface area contributed by atoms with Gasteiger partial charge in [-0.05, 0) is 24.2 Å². The maximum absolute atomic E-state index is 10.5. The van der Waals surface area contributed by atoms with E-state index < -0.39 is 61.4 Å². The first kappa shape index (κ1) is 24.7. The molecular formula is C21H36O11. The summed E-state index contributed by atoms with van der Waals surface area (Å²) in [7, 11) is 0. The Balaban J connectivity index is 1.40. The molecule has 32 heavy (non-hydrogen) atoms. The summed E-state index contributed by atoms with van der Waals surface area (Å²) in [4.78, 5) is 0. The molecule has 0 radical (unpaired) electrons. The van der Waals surface area contributed by atoms with Gasteiger partial charge in [0, 0.05) is 5.41 Å². The Hall–Kier alpha value is -0.440. The van der Waals surface area contributed by atoms with E-state index >= 15 is 0 Å². The second kappa shape index (κ2) is 8.35. The fourth-order valence-corrected chi connectivity index (χ4v) is 5.89. The smallest absolute Gasteiger partial charge is 0.186 e. The fourth-order valence-electron chi connectivity index (χ4n) is 5.89. The van der Waals surface area contributed by atoms with E-state index in [1.54, 1.807) is 0 Å². The topological polar surface area (TPSA) is 179 Å². The predicted molar refractivity (Wildman–Crippen MR) is 106 cm³/mol. The monoisotopic (exact) mass is 464 g/mol. The van der Waals surface area contributed by atoms with E-state index in [9.17, 15) is 35.7 Å². The molecule has 2 bridgehead atoms. The number of hydrogen-bond donors (Lipinski definition) is 7. The van der Waals surface area contributed by atoms with Crippen LogP contribution in [0.5, 0.6) is 0 Å². The molecule has 0 aromatic carbocycles. The summed E-state index contributed by atoms with van der Waals surface area (Å²) in [6.07, 6.45) is -9.28. The van der Waals surface area contributed by atoms with Crippen LogP contribution in [0.4, 0.5) is 0 Å². The van der Waals surface area contributed by atoms with E-state index in [-0.39, 0.29) is 36.1 Å². The highest BCUT2D eigenvalue weighted by Crippen LogP contribution is 2.66. The van der Waals surface area contributed by atoms with Crippen LogP contribution in [0.2, 0.25) is 0 Å². The van der Waals surface area contributed by atoms with Gasteiger partial charge in [-0.25, -0.2) is 0 Å². The molecule has 4 rings (SSSR count). The molecule has 0 unspecified atom stereocenters. The van der Waals surface area contributed by atoms with Crippen LogP contribution in [-0.2, 0) is 18.9 Å². The lowest BCUT2D eigenvalue weighted by molar-refractivity contribution is -0.326. The standard InChI is InChI=1S/C21H36O11/c1-19(2)9-4-12(20(19,3)5-10(9)23)32-17-15(26)14(25)13(24)11(31-17)6-29-18-16(27)21(28,7-22)8-30-18/h9-18,22-28H,4-8H2,1-3H3/t9-,10-,11-,12-,13+,14+,15+,16-,17+,18-,20-,21-/m0/s1. The minimum Gasteiger partial charge on any atom is -0.393 e. The molecule has 2 heterocycles. The molecule has 0 spiro atoms. The van der Waals surface area contributed by atoms with Crippen LogP contribution in [0.3, 0.4) is 0 Å². The van der Waals surface area contributed by atoms with Gasteiger partial charge in [0.2, 0.25) is 0 Å². The first-order valence-corrected chi connectivity index (χ1v) is 11.1. The zero-order valence-electron chi connectivity index (χ0n) is 18.6. The molecule has 11 heteroatoms. The highest BCUT2D eigenvalue weighted by molar-refractivity contribution is 5.14. The summed E-state index contributed by atoms with van der Waals surface area (Å²) in [5, 5.41) is 70.9. The van der Waals surface area contributed by atoms with Gasteiger partial charge in [0.05, 0.1) is 32.0 Å². The SMILES string of the molecule is CC1(C)[C@H]2C[C@H](O[C@H]3O[C@@H](CO[C@H]4OC[C@@](O)(CO)[C@H]4O)[C@@H](O)[C@@H](O)[C@H]3O)[C@]1(C)C[C@@H]2O. The Bertz CT molecular complexity index is 691. The van der Waals surface area contributed by atoms with Crippen molar-refractivity contribution in [1.82, 2.24) is 0 Å². The van der Waals surface area contributed by atoms with Crippen molar-refractivity contribution in [3.8, 4) is 0 Å². The minimum atomic E-state index is -1.85. The highest BCUT2D eigenvalue weighted by Gasteiger charge is 2.66. The van der Waals surface area contributed by atoms with Crippen LogP contribution >= 0.6 is 0 Å². The van der Waals surface area contributed by atoms with Crippen molar-refractivity contribution in [2.75, 3.05) is 19.8 Å². The first-order valence-electron chi connectivity index (χ1n) is 11.1. The molecule has 4 fully saturated rings. The van der Waals surface area contributed by atoms with Crippen LogP contribution in [0.25, 0.3) is 0 Å². The zero-order chi connectivity index (χ0) is 23.6. The van der Waals surface area contributed by atoms with Gasteiger partial charge >= 0.3 is 0 Å². The molecule has 2 saturated heterocycles. The summed E-state index contributed by atoms with van der Waals surface area (Å²) in [5.74, 6) is 0.0409.